The standard InChI is InChI=1S/C26H29N3O4/c1-3-13-27-24(30)19-11-14-28(15-12-19)22-9-5-8-21-23(22)26(32)29(25(21)31)16-10-18-6-4-7-20(17-18)33-2/h3-9,17,19H,1,10-16H2,2H3,(H,27,30). The molecule has 0 unspecified atom stereocenters. The van der Waals surface area contributed by atoms with E-state index < -0.39 is 0 Å². The number of benzene rings is 2. The Bertz CT molecular complexity index is 1070. The molecule has 1 N–H and O–H groups in total. The highest BCUT2D eigenvalue weighted by atomic mass is 16.5. The van der Waals surface area contributed by atoms with Crippen LogP contribution in [0.1, 0.15) is 39.1 Å². The number of methoxy groups -OCH3 is 1. The molecule has 0 saturated carbocycles. The highest BCUT2D eigenvalue weighted by Gasteiger charge is 2.38. The summed E-state index contributed by atoms with van der Waals surface area (Å²) in [4.78, 5) is 42.0. The van der Waals surface area contributed by atoms with Gasteiger partial charge in [-0.3, -0.25) is 19.3 Å². The molecule has 2 aromatic rings. The normalized spacial score (nSPS) is 16.0. The lowest BCUT2D eigenvalue weighted by molar-refractivity contribution is -0.125. The zero-order valence-electron chi connectivity index (χ0n) is 18.9. The van der Waals surface area contributed by atoms with E-state index in [1.54, 1.807) is 19.3 Å². The molecule has 1 fully saturated rings. The highest BCUT2D eigenvalue weighted by Crippen LogP contribution is 2.34. The number of carbonyl (C=O) groups excluding carboxylic acids is 3. The van der Waals surface area contributed by atoms with Crippen molar-refractivity contribution in [3.05, 3.63) is 71.8 Å². The Morgan fingerprint density at radius 3 is 2.64 bits per heavy atom. The molecule has 0 radical (unpaired) electrons. The highest BCUT2D eigenvalue weighted by molar-refractivity contribution is 6.23. The maximum absolute atomic E-state index is 13.3. The first-order chi connectivity index (χ1) is 16.0. The van der Waals surface area contributed by atoms with E-state index in [1.165, 1.54) is 4.90 Å². The number of hydrogen-bond donors (Lipinski definition) is 1. The monoisotopic (exact) mass is 447 g/mol. The molecule has 2 aliphatic rings. The van der Waals surface area contributed by atoms with E-state index in [0.717, 1.165) is 17.0 Å². The Balaban J connectivity index is 1.46. The molecule has 0 atom stereocenters. The summed E-state index contributed by atoms with van der Waals surface area (Å²) in [7, 11) is 1.61. The zero-order chi connectivity index (χ0) is 23.4. The van der Waals surface area contributed by atoms with Crippen molar-refractivity contribution < 1.29 is 19.1 Å². The maximum atomic E-state index is 13.3. The van der Waals surface area contributed by atoms with Crippen LogP contribution in [-0.4, -0.2) is 55.9 Å². The number of imide groups is 1. The largest absolute Gasteiger partial charge is 0.497 e. The molecule has 7 nitrogen and oxygen atoms in total. The van der Waals surface area contributed by atoms with Crippen molar-refractivity contribution in [2.75, 3.05) is 38.2 Å². The van der Waals surface area contributed by atoms with Gasteiger partial charge >= 0.3 is 0 Å². The third-order valence-electron chi connectivity index (χ3n) is 6.36. The van der Waals surface area contributed by atoms with Gasteiger partial charge in [-0.25, -0.2) is 0 Å². The van der Waals surface area contributed by atoms with Crippen LogP contribution in [0.25, 0.3) is 0 Å². The fraction of sp³-hybridized carbons (Fsp3) is 0.346. The third-order valence-corrected chi connectivity index (χ3v) is 6.36. The summed E-state index contributed by atoms with van der Waals surface area (Å²) >= 11 is 0. The lowest BCUT2D eigenvalue weighted by atomic mass is 9.94. The van der Waals surface area contributed by atoms with E-state index in [1.807, 2.05) is 36.4 Å². The Labute approximate surface area is 194 Å². The molecule has 4 rings (SSSR count). The molecule has 2 aliphatic heterocycles. The fourth-order valence-electron chi connectivity index (χ4n) is 4.55. The van der Waals surface area contributed by atoms with Crippen LogP contribution in [0.3, 0.4) is 0 Å². The van der Waals surface area contributed by atoms with E-state index in [4.69, 9.17) is 4.74 Å². The number of nitrogens with one attached hydrogen (secondary N) is 1. The molecular weight excluding hydrogens is 418 g/mol. The van der Waals surface area contributed by atoms with Gasteiger partial charge in [0, 0.05) is 32.1 Å². The first-order valence-corrected chi connectivity index (χ1v) is 11.3. The summed E-state index contributed by atoms with van der Waals surface area (Å²) in [6.45, 7) is 5.73. The van der Waals surface area contributed by atoms with Crippen LogP contribution in [0, 0.1) is 5.92 Å². The smallest absolute Gasteiger partial charge is 0.263 e. The second-order valence-electron chi connectivity index (χ2n) is 8.36. The molecule has 33 heavy (non-hydrogen) atoms. The predicted octanol–water partition coefficient (Wildman–Crippen LogP) is 3.05. The number of ether oxygens (including phenoxy) is 1. The van der Waals surface area contributed by atoms with Crippen LogP contribution in [0.4, 0.5) is 5.69 Å². The third kappa shape index (κ3) is 4.62. The number of carbonyl (C=O) groups is 3. The molecule has 0 bridgehead atoms. The van der Waals surface area contributed by atoms with Crippen LogP contribution in [-0.2, 0) is 11.2 Å². The van der Waals surface area contributed by atoms with Crippen molar-refractivity contribution in [3.8, 4) is 5.75 Å². The van der Waals surface area contributed by atoms with E-state index in [2.05, 4.69) is 16.8 Å². The van der Waals surface area contributed by atoms with Gasteiger partial charge in [-0.2, -0.15) is 0 Å². The summed E-state index contributed by atoms with van der Waals surface area (Å²) in [6.07, 6.45) is 3.63. The van der Waals surface area contributed by atoms with Crippen molar-refractivity contribution >= 4 is 23.4 Å². The molecule has 0 spiro atoms. The Morgan fingerprint density at radius 1 is 1.15 bits per heavy atom. The van der Waals surface area contributed by atoms with Crippen molar-refractivity contribution in [1.29, 1.82) is 0 Å². The quantitative estimate of drug-likeness (QED) is 0.497. The van der Waals surface area contributed by atoms with Crippen LogP contribution < -0.4 is 15.0 Å². The molecule has 3 amide bonds. The van der Waals surface area contributed by atoms with E-state index >= 15 is 0 Å². The molecular formula is C26H29N3O4. The van der Waals surface area contributed by atoms with Crippen molar-refractivity contribution in [1.82, 2.24) is 10.2 Å². The summed E-state index contributed by atoms with van der Waals surface area (Å²) in [5, 5.41) is 2.86. The number of hydrogen-bond acceptors (Lipinski definition) is 5. The second-order valence-corrected chi connectivity index (χ2v) is 8.36. The Morgan fingerprint density at radius 2 is 1.91 bits per heavy atom. The second kappa shape index (κ2) is 9.90. The molecule has 1 saturated heterocycles. The molecule has 7 heteroatoms. The number of amides is 3. The van der Waals surface area contributed by atoms with Crippen LogP contribution in [0.2, 0.25) is 0 Å². The van der Waals surface area contributed by atoms with Gasteiger partial charge in [0.25, 0.3) is 11.8 Å². The van der Waals surface area contributed by atoms with Crippen LogP contribution in [0.5, 0.6) is 5.75 Å². The molecule has 2 aromatic carbocycles. The van der Waals surface area contributed by atoms with Crippen molar-refractivity contribution in [2.45, 2.75) is 19.3 Å². The molecule has 2 heterocycles. The molecule has 0 aliphatic carbocycles. The van der Waals surface area contributed by atoms with Gasteiger partial charge in [0.05, 0.1) is 23.9 Å². The van der Waals surface area contributed by atoms with Crippen LogP contribution in [0.15, 0.2) is 55.1 Å². The van der Waals surface area contributed by atoms with E-state index in [0.29, 0.717) is 56.6 Å². The first-order valence-electron chi connectivity index (χ1n) is 11.3. The average Bonchev–Trinajstić information content (AvgIpc) is 3.10. The molecule has 0 aromatic heterocycles. The minimum absolute atomic E-state index is 0.0443. The fourth-order valence-corrected chi connectivity index (χ4v) is 4.55. The van der Waals surface area contributed by atoms with E-state index in [-0.39, 0.29) is 23.6 Å². The maximum Gasteiger partial charge on any atom is 0.263 e. The van der Waals surface area contributed by atoms with Gasteiger partial charge in [-0.05, 0) is 49.1 Å². The van der Waals surface area contributed by atoms with Gasteiger partial charge < -0.3 is 15.0 Å². The molecule has 172 valence electrons. The van der Waals surface area contributed by atoms with Gasteiger partial charge in [0.2, 0.25) is 5.91 Å². The van der Waals surface area contributed by atoms with Crippen molar-refractivity contribution in [2.24, 2.45) is 5.92 Å². The summed E-state index contributed by atoms with van der Waals surface area (Å²) < 4.78 is 5.26. The van der Waals surface area contributed by atoms with Crippen LogP contribution >= 0.6 is 0 Å². The van der Waals surface area contributed by atoms with Gasteiger partial charge in [0.15, 0.2) is 0 Å². The minimum atomic E-state index is -0.251. The Kier molecular flexibility index (Phi) is 6.77. The summed E-state index contributed by atoms with van der Waals surface area (Å²) in [5.41, 5.74) is 2.71. The lowest BCUT2D eigenvalue weighted by Gasteiger charge is -2.33. The topological polar surface area (TPSA) is 79.0 Å². The minimum Gasteiger partial charge on any atom is -0.497 e. The van der Waals surface area contributed by atoms with Gasteiger partial charge in [-0.15, -0.1) is 6.58 Å². The van der Waals surface area contributed by atoms with Gasteiger partial charge in [-0.1, -0.05) is 24.3 Å². The lowest BCUT2D eigenvalue weighted by Crippen LogP contribution is -2.41. The predicted molar refractivity (Wildman–Crippen MR) is 127 cm³/mol. The first kappa shape index (κ1) is 22.6. The zero-order valence-corrected chi connectivity index (χ0v) is 18.9. The number of rotatable bonds is 8. The number of nitrogens with zero attached hydrogens (tertiary/aromatic N) is 2. The number of anilines is 1. The summed E-state index contributed by atoms with van der Waals surface area (Å²) in [6, 6.07) is 13.1. The van der Waals surface area contributed by atoms with Crippen molar-refractivity contribution in [3.63, 3.8) is 0 Å². The van der Waals surface area contributed by atoms with Gasteiger partial charge in [0.1, 0.15) is 5.75 Å². The average molecular weight is 448 g/mol. The summed E-state index contributed by atoms with van der Waals surface area (Å²) in [5.74, 6) is 0.244. The SMILES string of the molecule is C=CCNC(=O)C1CCN(c2cccc3c2C(=O)N(CCc2cccc(OC)c2)C3=O)CC1. The Hall–Kier alpha value is -3.61. The number of piperidine rings is 1. The number of fused-ring (bicyclic) bond motifs is 1. The van der Waals surface area contributed by atoms with E-state index in [9.17, 15) is 14.4 Å².